The smallest absolute Gasteiger partial charge is 0.244 e. The summed E-state index contributed by atoms with van der Waals surface area (Å²) in [6.07, 6.45) is 3.31. The number of hydrogen-bond donors (Lipinski definition) is 1. The monoisotopic (exact) mass is 303 g/mol. The summed E-state index contributed by atoms with van der Waals surface area (Å²) in [5, 5.41) is 6.72. The molecule has 1 aromatic carbocycles. The Labute approximate surface area is 128 Å². The largest absolute Gasteiger partial charge is 0.497 e. The Morgan fingerprint density at radius 3 is 2.67 bits per heavy atom. The molecule has 0 bridgehead atoms. The molecule has 0 saturated heterocycles. The van der Waals surface area contributed by atoms with Gasteiger partial charge in [0.15, 0.2) is 0 Å². The van der Waals surface area contributed by atoms with Crippen molar-refractivity contribution in [3.63, 3.8) is 0 Å². The molecule has 0 aliphatic rings. The van der Waals surface area contributed by atoms with Gasteiger partial charge in [0.25, 0.3) is 0 Å². The van der Waals surface area contributed by atoms with E-state index in [4.69, 9.17) is 9.47 Å². The van der Waals surface area contributed by atoms with Gasteiger partial charge in [-0.05, 0) is 52.7 Å². The molecular weight excluding hydrogens is 286 g/mol. The van der Waals surface area contributed by atoms with Crippen LogP contribution in [0.3, 0.4) is 0 Å². The van der Waals surface area contributed by atoms with Crippen molar-refractivity contribution in [3.05, 3.63) is 52.7 Å². The Hall–Kier alpha value is -2.27. The molecule has 21 heavy (non-hydrogen) atoms. The summed E-state index contributed by atoms with van der Waals surface area (Å²) in [5.74, 6) is 1.41. The predicted octanol–water partition coefficient (Wildman–Crippen LogP) is 2.97. The summed E-state index contributed by atoms with van der Waals surface area (Å²) in [4.78, 5) is 11.6. The highest BCUT2D eigenvalue weighted by atomic mass is 32.1. The number of hydrogen-bond acceptors (Lipinski definition) is 4. The minimum atomic E-state index is -0.125. The van der Waals surface area contributed by atoms with Crippen molar-refractivity contribution in [2.75, 3.05) is 20.3 Å². The summed E-state index contributed by atoms with van der Waals surface area (Å²) in [7, 11) is 1.62. The average Bonchev–Trinajstić information content (AvgIpc) is 3.03. The SMILES string of the molecule is COc1ccc(OCCNC(=O)/C=C/c2ccsc2)cc1. The quantitative estimate of drug-likeness (QED) is 0.632. The number of nitrogens with one attached hydrogen (secondary N) is 1. The number of rotatable bonds is 7. The standard InChI is InChI=1S/C16H17NO3S/c1-19-14-3-5-15(6-4-14)20-10-9-17-16(18)7-2-13-8-11-21-12-13/h2-8,11-12H,9-10H2,1H3,(H,17,18)/b7-2+. The normalized spacial score (nSPS) is 10.5. The second-order valence-electron chi connectivity index (χ2n) is 4.21. The van der Waals surface area contributed by atoms with Crippen LogP contribution in [-0.4, -0.2) is 26.2 Å². The number of carbonyl (C=O) groups is 1. The third-order valence-corrected chi connectivity index (χ3v) is 3.40. The molecule has 0 aliphatic carbocycles. The van der Waals surface area contributed by atoms with Crippen LogP contribution in [0.5, 0.6) is 11.5 Å². The van der Waals surface area contributed by atoms with Crippen molar-refractivity contribution in [3.8, 4) is 11.5 Å². The van der Waals surface area contributed by atoms with Crippen molar-refractivity contribution in [2.45, 2.75) is 0 Å². The lowest BCUT2D eigenvalue weighted by molar-refractivity contribution is -0.116. The van der Waals surface area contributed by atoms with Gasteiger partial charge in [0.1, 0.15) is 18.1 Å². The summed E-state index contributed by atoms with van der Waals surface area (Å²) in [5.41, 5.74) is 1.03. The maximum atomic E-state index is 11.6. The second kappa shape index (κ2) is 8.11. The Balaban J connectivity index is 1.65. The summed E-state index contributed by atoms with van der Waals surface area (Å²) < 4.78 is 10.6. The minimum Gasteiger partial charge on any atom is -0.497 e. The van der Waals surface area contributed by atoms with Crippen molar-refractivity contribution in [1.29, 1.82) is 0 Å². The van der Waals surface area contributed by atoms with Gasteiger partial charge in [0, 0.05) is 6.08 Å². The lowest BCUT2D eigenvalue weighted by Gasteiger charge is -2.07. The van der Waals surface area contributed by atoms with E-state index in [2.05, 4.69) is 5.32 Å². The Kier molecular flexibility index (Phi) is 5.84. The number of thiophene rings is 1. The summed E-state index contributed by atoms with van der Waals surface area (Å²) >= 11 is 1.60. The van der Waals surface area contributed by atoms with Crippen LogP contribution in [0.4, 0.5) is 0 Å². The van der Waals surface area contributed by atoms with E-state index in [0.717, 1.165) is 17.1 Å². The van der Waals surface area contributed by atoms with Crippen LogP contribution in [0.2, 0.25) is 0 Å². The fourth-order valence-corrected chi connectivity index (χ4v) is 2.24. The van der Waals surface area contributed by atoms with Gasteiger partial charge in [-0.2, -0.15) is 11.3 Å². The minimum absolute atomic E-state index is 0.125. The van der Waals surface area contributed by atoms with Crippen LogP contribution < -0.4 is 14.8 Å². The van der Waals surface area contributed by atoms with E-state index in [1.807, 2.05) is 41.1 Å². The number of methoxy groups -OCH3 is 1. The van der Waals surface area contributed by atoms with Crippen LogP contribution >= 0.6 is 11.3 Å². The van der Waals surface area contributed by atoms with E-state index in [-0.39, 0.29) is 5.91 Å². The third-order valence-electron chi connectivity index (χ3n) is 2.70. The van der Waals surface area contributed by atoms with E-state index >= 15 is 0 Å². The van der Waals surface area contributed by atoms with Gasteiger partial charge >= 0.3 is 0 Å². The Bertz CT molecular complexity index is 576. The maximum Gasteiger partial charge on any atom is 0.244 e. The first-order valence-corrected chi connectivity index (χ1v) is 7.47. The van der Waals surface area contributed by atoms with Gasteiger partial charge in [-0.25, -0.2) is 0 Å². The lowest BCUT2D eigenvalue weighted by Crippen LogP contribution is -2.26. The number of carbonyl (C=O) groups excluding carboxylic acids is 1. The molecular formula is C16H17NO3S. The van der Waals surface area contributed by atoms with E-state index in [0.29, 0.717) is 13.2 Å². The number of benzene rings is 1. The second-order valence-corrected chi connectivity index (χ2v) is 4.99. The molecule has 110 valence electrons. The third kappa shape index (κ3) is 5.31. The molecule has 0 saturated carbocycles. The molecule has 2 aromatic rings. The first-order chi connectivity index (χ1) is 10.3. The molecule has 1 amide bonds. The molecule has 1 N–H and O–H groups in total. The summed E-state index contributed by atoms with van der Waals surface area (Å²) in [6, 6.07) is 9.28. The van der Waals surface area contributed by atoms with Crippen molar-refractivity contribution >= 4 is 23.3 Å². The highest BCUT2D eigenvalue weighted by molar-refractivity contribution is 7.08. The zero-order valence-electron chi connectivity index (χ0n) is 11.7. The van der Waals surface area contributed by atoms with Gasteiger partial charge in [-0.3, -0.25) is 4.79 Å². The fraction of sp³-hybridized carbons (Fsp3) is 0.188. The van der Waals surface area contributed by atoms with E-state index in [1.54, 1.807) is 24.5 Å². The van der Waals surface area contributed by atoms with Gasteiger partial charge in [0.2, 0.25) is 5.91 Å². The molecule has 0 aliphatic heterocycles. The average molecular weight is 303 g/mol. The van der Waals surface area contributed by atoms with Gasteiger partial charge in [-0.1, -0.05) is 0 Å². The van der Waals surface area contributed by atoms with E-state index < -0.39 is 0 Å². The molecule has 1 aromatic heterocycles. The number of ether oxygens (including phenoxy) is 2. The maximum absolute atomic E-state index is 11.6. The highest BCUT2D eigenvalue weighted by Crippen LogP contribution is 2.16. The Morgan fingerprint density at radius 1 is 1.24 bits per heavy atom. The molecule has 5 heteroatoms. The van der Waals surface area contributed by atoms with Crippen molar-refractivity contribution in [2.24, 2.45) is 0 Å². The molecule has 0 unspecified atom stereocenters. The van der Waals surface area contributed by atoms with Crippen LogP contribution in [0.15, 0.2) is 47.2 Å². The van der Waals surface area contributed by atoms with Crippen LogP contribution in [-0.2, 0) is 4.79 Å². The van der Waals surface area contributed by atoms with E-state index in [9.17, 15) is 4.79 Å². The molecule has 0 radical (unpaired) electrons. The predicted molar refractivity (Wildman–Crippen MR) is 84.9 cm³/mol. The highest BCUT2D eigenvalue weighted by Gasteiger charge is 1.97. The molecule has 4 nitrogen and oxygen atoms in total. The van der Waals surface area contributed by atoms with Crippen LogP contribution in [0.1, 0.15) is 5.56 Å². The zero-order chi connectivity index (χ0) is 14.9. The molecule has 2 rings (SSSR count). The first-order valence-electron chi connectivity index (χ1n) is 6.53. The summed E-state index contributed by atoms with van der Waals surface area (Å²) in [6.45, 7) is 0.878. The lowest BCUT2D eigenvalue weighted by atomic mass is 10.3. The van der Waals surface area contributed by atoms with Crippen LogP contribution in [0, 0.1) is 0 Å². The number of amides is 1. The van der Waals surface area contributed by atoms with Gasteiger partial charge in [-0.15, -0.1) is 0 Å². The van der Waals surface area contributed by atoms with Crippen LogP contribution in [0.25, 0.3) is 6.08 Å². The van der Waals surface area contributed by atoms with E-state index in [1.165, 1.54) is 6.08 Å². The fourth-order valence-electron chi connectivity index (χ4n) is 1.62. The van der Waals surface area contributed by atoms with Gasteiger partial charge < -0.3 is 14.8 Å². The van der Waals surface area contributed by atoms with Gasteiger partial charge in [0.05, 0.1) is 13.7 Å². The molecule has 0 spiro atoms. The zero-order valence-corrected chi connectivity index (χ0v) is 12.6. The molecule has 0 fully saturated rings. The molecule has 0 atom stereocenters. The Morgan fingerprint density at radius 2 is 2.00 bits per heavy atom. The molecule has 1 heterocycles. The topological polar surface area (TPSA) is 47.6 Å². The first kappa shape index (κ1) is 15.1. The van der Waals surface area contributed by atoms with Crippen molar-refractivity contribution in [1.82, 2.24) is 5.32 Å². The van der Waals surface area contributed by atoms with Crippen molar-refractivity contribution < 1.29 is 14.3 Å².